The van der Waals surface area contributed by atoms with Crippen LogP contribution < -0.4 is 4.74 Å². The number of benzene rings is 3. The fourth-order valence-corrected chi connectivity index (χ4v) is 3.84. The van der Waals surface area contributed by atoms with Gasteiger partial charge in [-0.3, -0.25) is 4.79 Å². The van der Waals surface area contributed by atoms with Gasteiger partial charge >= 0.3 is 0 Å². The third-order valence-corrected chi connectivity index (χ3v) is 5.38. The molecule has 3 aromatic rings. The van der Waals surface area contributed by atoms with Gasteiger partial charge in [-0.05, 0) is 30.2 Å². The summed E-state index contributed by atoms with van der Waals surface area (Å²) in [6.07, 6.45) is -0.170. The molecule has 0 spiro atoms. The molecule has 3 aromatic carbocycles. The van der Waals surface area contributed by atoms with E-state index in [0.717, 1.165) is 0 Å². The highest BCUT2D eigenvalue weighted by atomic mass is 16.5. The summed E-state index contributed by atoms with van der Waals surface area (Å²) in [4.78, 5) is 12.8. The fourth-order valence-electron chi connectivity index (χ4n) is 3.84. The van der Waals surface area contributed by atoms with Crippen molar-refractivity contribution in [3.8, 4) is 28.7 Å². The zero-order valence-corrected chi connectivity index (χ0v) is 20.4. The molecule has 6 nitrogen and oxygen atoms in total. The average molecular weight is 467 g/mol. The molecule has 6 heteroatoms. The number of Topliss-reactive ketones (excluding diaryl/α,β-unsaturated/α-hetero) is 1. The Morgan fingerprint density at radius 3 is 1.74 bits per heavy atom. The van der Waals surface area contributed by atoms with Gasteiger partial charge in [0.15, 0.2) is 5.78 Å². The number of para-hydroxylation sites is 2. The third-order valence-electron chi connectivity index (χ3n) is 5.38. The van der Waals surface area contributed by atoms with Crippen LogP contribution in [-0.4, -0.2) is 32.3 Å². The highest BCUT2D eigenvalue weighted by Crippen LogP contribution is 2.48. The summed E-state index contributed by atoms with van der Waals surface area (Å²) in [5.74, 6) is -0.636. The molecule has 1 atom stereocenters. The molecule has 0 saturated carbocycles. The lowest BCUT2D eigenvalue weighted by Crippen LogP contribution is -2.25. The number of fused-ring (bicyclic) bond motifs is 1. The first-order valence-electron chi connectivity index (χ1n) is 11.7. The standard InChI is InChI=1S/C24H22O6.2C2H6/c1-13-10-20(27)21-23(29)16(11-14-6-2-4-8-18(14)25)22(28)17(24(21)30-13)12-15-7-3-5-9-19(15)26;2*1-2/h2-9,13,25-26,28-29H,10-12H2,1H3;2*1-2H3. The Kier molecular flexibility index (Phi) is 9.36. The van der Waals surface area contributed by atoms with E-state index in [1.165, 1.54) is 12.1 Å². The maximum atomic E-state index is 12.8. The van der Waals surface area contributed by atoms with Gasteiger partial charge in [0.25, 0.3) is 0 Å². The summed E-state index contributed by atoms with van der Waals surface area (Å²) in [6.45, 7) is 9.74. The van der Waals surface area contributed by atoms with Crippen molar-refractivity contribution in [1.82, 2.24) is 0 Å². The molecule has 0 fully saturated rings. The predicted octanol–water partition coefficient (Wildman–Crippen LogP) is 6.10. The van der Waals surface area contributed by atoms with Crippen molar-refractivity contribution in [2.45, 2.75) is 60.0 Å². The number of aromatic hydroxyl groups is 4. The summed E-state index contributed by atoms with van der Waals surface area (Å²) in [5, 5.41) is 42.3. The van der Waals surface area contributed by atoms with E-state index in [4.69, 9.17) is 4.74 Å². The quantitative estimate of drug-likeness (QED) is 0.370. The largest absolute Gasteiger partial charge is 0.508 e. The molecule has 0 bridgehead atoms. The zero-order valence-electron chi connectivity index (χ0n) is 20.4. The smallest absolute Gasteiger partial charge is 0.174 e. The van der Waals surface area contributed by atoms with Crippen LogP contribution in [0.1, 0.15) is 73.7 Å². The van der Waals surface area contributed by atoms with Crippen molar-refractivity contribution in [3.05, 3.63) is 76.3 Å². The van der Waals surface area contributed by atoms with Crippen LogP contribution in [0.25, 0.3) is 0 Å². The number of rotatable bonds is 4. The third kappa shape index (κ3) is 5.45. The number of hydrogen-bond acceptors (Lipinski definition) is 6. The lowest BCUT2D eigenvalue weighted by Gasteiger charge is -2.28. The van der Waals surface area contributed by atoms with E-state index in [9.17, 15) is 25.2 Å². The van der Waals surface area contributed by atoms with Gasteiger partial charge in [-0.2, -0.15) is 0 Å². The normalized spacial score (nSPS) is 14.0. The molecule has 4 N–H and O–H groups in total. The highest BCUT2D eigenvalue weighted by molar-refractivity contribution is 6.04. The Balaban J connectivity index is 0.000000970. The number of carbonyl (C=O) groups is 1. The van der Waals surface area contributed by atoms with Gasteiger partial charge in [0, 0.05) is 30.4 Å². The number of carbonyl (C=O) groups excluding carboxylic acids is 1. The molecular weight excluding hydrogens is 432 g/mol. The number of ketones is 1. The molecule has 1 aliphatic rings. The number of ether oxygens (including phenoxy) is 1. The van der Waals surface area contributed by atoms with E-state index in [1.807, 2.05) is 27.7 Å². The molecule has 0 radical (unpaired) electrons. The molecular formula is C28H34O6. The molecule has 0 amide bonds. The Morgan fingerprint density at radius 2 is 1.24 bits per heavy atom. The maximum absolute atomic E-state index is 12.8. The number of hydrogen-bond donors (Lipinski definition) is 4. The van der Waals surface area contributed by atoms with Gasteiger partial charge < -0.3 is 25.2 Å². The molecule has 0 aromatic heterocycles. The van der Waals surface area contributed by atoms with Crippen molar-refractivity contribution in [2.24, 2.45) is 0 Å². The molecule has 0 aliphatic carbocycles. The first kappa shape index (κ1) is 26.6. The average Bonchev–Trinajstić information content (AvgIpc) is 2.83. The molecule has 0 saturated heterocycles. The van der Waals surface area contributed by atoms with E-state index in [2.05, 4.69) is 0 Å². The van der Waals surface area contributed by atoms with Crippen LogP contribution >= 0.6 is 0 Å². The van der Waals surface area contributed by atoms with Crippen LogP contribution in [0.3, 0.4) is 0 Å². The SMILES string of the molecule is CC.CC.CC1CC(=O)c2c(O)c(Cc3ccccc3O)c(O)c(Cc3ccccc3O)c2O1. The molecule has 182 valence electrons. The van der Waals surface area contributed by atoms with Gasteiger partial charge in [0.2, 0.25) is 0 Å². The molecule has 34 heavy (non-hydrogen) atoms. The summed E-state index contributed by atoms with van der Waals surface area (Å²) in [7, 11) is 0. The Hall–Kier alpha value is -3.67. The summed E-state index contributed by atoms with van der Waals surface area (Å²) >= 11 is 0. The highest BCUT2D eigenvalue weighted by Gasteiger charge is 2.34. The van der Waals surface area contributed by atoms with Crippen molar-refractivity contribution in [3.63, 3.8) is 0 Å². The molecule has 1 heterocycles. The number of phenolic OH excluding ortho intramolecular Hbond substituents is 4. The van der Waals surface area contributed by atoms with Crippen molar-refractivity contribution < 1.29 is 30.0 Å². The van der Waals surface area contributed by atoms with Crippen LogP contribution in [0.5, 0.6) is 28.7 Å². The Labute approximate surface area is 201 Å². The van der Waals surface area contributed by atoms with E-state index in [0.29, 0.717) is 16.7 Å². The van der Waals surface area contributed by atoms with Gasteiger partial charge in [0.05, 0.1) is 0 Å². The van der Waals surface area contributed by atoms with E-state index in [-0.39, 0.29) is 64.9 Å². The van der Waals surface area contributed by atoms with Crippen LogP contribution in [0.2, 0.25) is 0 Å². The van der Waals surface area contributed by atoms with Crippen LogP contribution in [-0.2, 0) is 12.8 Å². The Morgan fingerprint density at radius 1 is 0.765 bits per heavy atom. The molecule has 1 unspecified atom stereocenters. The zero-order chi connectivity index (χ0) is 25.4. The monoisotopic (exact) mass is 466 g/mol. The van der Waals surface area contributed by atoms with Gasteiger partial charge in [0.1, 0.15) is 40.4 Å². The Bertz CT molecular complexity index is 1140. The minimum absolute atomic E-state index is 0.0208. The predicted molar refractivity (Wildman–Crippen MR) is 133 cm³/mol. The summed E-state index contributed by atoms with van der Waals surface area (Å²) in [5.41, 5.74) is 1.51. The first-order valence-corrected chi connectivity index (χ1v) is 11.7. The lowest BCUT2D eigenvalue weighted by atomic mass is 9.88. The fraction of sp³-hybridized carbons (Fsp3) is 0.321. The van der Waals surface area contributed by atoms with Gasteiger partial charge in [-0.15, -0.1) is 0 Å². The summed E-state index contributed by atoms with van der Waals surface area (Å²) in [6, 6.07) is 13.3. The second kappa shape index (κ2) is 12.0. The first-order chi connectivity index (χ1) is 16.4. The van der Waals surface area contributed by atoms with Gasteiger partial charge in [-0.1, -0.05) is 64.1 Å². The van der Waals surface area contributed by atoms with E-state index >= 15 is 0 Å². The summed E-state index contributed by atoms with van der Waals surface area (Å²) < 4.78 is 5.86. The molecule has 1 aliphatic heterocycles. The van der Waals surface area contributed by atoms with Crippen LogP contribution in [0.15, 0.2) is 48.5 Å². The van der Waals surface area contributed by atoms with Crippen molar-refractivity contribution in [2.75, 3.05) is 0 Å². The second-order valence-electron chi connectivity index (χ2n) is 7.53. The topological polar surface area (TPSA) is 107 Å². The minimum Gasteiger partial charge on any atom is -0.508 e. The van der Waals surface area contributed by atoms with Crippen molar-refractivity contribution >= 4 is 5.78 Å². The van der Waals surface area contributed by atoms with Crippen LogP contribution in [0, 0.1) is 0 Å². The number of phenols is 4. The van der Waals surface area contributed by atoms with E-state index < -0.39 is 6.10 Å². The minimum atomic E-state index is -0.407. The van der Waals surface area contributed by atoms with Crippen LogP contribution in [0.4, 0.5) is 0 Å². The van der Waals surface area contributed by atoms with Gasteiger partial charge in [-0.25, -0.2) is 0 Å². The van der Waals surface area contributed by atoms with E-state index in [1.54, 1.807) is 43.3 Å². The second-order valence-corrected chi connectivity index (χ2v) is 7.53. The maximum Gasteiger partial charge on any atom is 0.174 e. The lowest BCUT2D eigenvalue weighted by molar-refractivity contribution is 0.0863. The molecule has 4 rings (SSSR count). The van der Waals surface area contributed by atoms with Crippen molar-refractivity contribution in [1.29, 1.82) is 0 Å².